The van der Waals surface area contributed by atoms with Crippen molar-refractivity contribution in [3.05, 3.63) is 57.9 Å². The Morgan fingerprint density at radius 2 is 1.85 bits per heavy atom. The van der Waals surface area contributed by atoms with Crippen molar-refractivity contribution >= 4 is 28.8 Å². The van der Waals surface area contributed by atoms with Crippen LogP contribution in [0.25, 0.3) is 11.3 Å². The Balaban J connectivity index is 1.30. The first-order valence-corrected chi connectivity index (χ1v) is 11.8. The van der Waals surface area contributed by atoms with Gasteiger partial charge >= 0.3 is 0 Å². The van der Waals surface area contributed by atoms with Gasteiger partial charge in [0.25, 0.3) is 0 Å². The lowest BCUT2D eigenvalue weighted by Crippen LogP contribution is -2.51. The van der Waals surface area contributed by atoms with Crippen molar-refractivity contribution in [3.63, 3.8) is 0 Å². The second-order valence-corrected chi connectivity index (χ2v) is 9.40. The number of hydrogen-bond donors (Lipinski definition) is 1. The van der Waals surface area contributed by atoms with Crippen molar-refractivity contribution in [2.75, 3.05) is 38.0 Å². The number of benzene rings is 1. The van der Waals surface area contributed by atoms with E-state index in [-0.39, 0.29) is 24.2 Å². The van der Waals surface area contributed by atoms with E-state index < -0.39 is 0 Å². The van der Waals surface area contributed by atoms with E-state index in [4.69, 9.17) is 0 Å². The molecular formula is C24H28FN5O2S. The topological polar surface area (TPSA) is 70.5 Å². The third kappa shape index (κ3) is 5.48. The van der Waals surface area contributed by atoms with Crippen LogP contribution in [0.3, 0.4) is 0 Å². The number of carbonyl (C=O) groups excluding carboxylic acids is 2. The Morgan fingerprint density at radius 3 is 2.52 bits per heavy atom. The van der Waals surface area contributed by atoms with E-state index in [1.54, 1.807) is 23.5 Å². The minimum absolute atomic E-state index is 0.0710. The SMILES string of the molecule is Cc1nc(-c2cc(C)n(CC(=O)N3CCN(CC(=O)Nc4cccc(F)c4)CC3)c2C)cs1. The highest BCUT2D eigenvalue weighted by atomic mass is 32.1. The summed E-state index contributed by atoms with van der Waals surface area (Å²) in [5.74, 6) is -0.507. The fourth-order valence-electron chi connectivity index (χ4n) is 4.15. The van der Waals surface area contributed by atoms with Gasteiger partial charge in [0.2, 0.25) is 11.8 Å². The number of anilines is 1. The zero-order valence-electron chi connectivity index (χ0n) is 19.1. The molecule has 0 saturated carbocycles. The largest absolute Gasteiger partial charge is 0.339 e. The summed E-state index contributed by atoms with van der Waals surface area (Å²) in [6.07, 6.45) is 0. The molecule has 0 radical (unpaired) electrons. The molecule has 1 fully saturated rings. The molecule has 1 saturated heterocycles. The van der Waals surface area contributed by atoms with Crippen molar-refractivity contribution in [3.8, 4) is 11.3 Å². The highest BCUT2D eigenvalue weighted by molar-refractivity contribution is 7.09. The lowest BCUT2D eigenvalue weighted by molar-refractivity contribution is -0.133. The number of hydrogen-bond acceptors (Lipinski definition) is 5. The van der Waals surface area contributed by atoms with Crippen molar-refractivity contribution in [1.29, 1.82) is 0 Å². The van der Waals surface area contributed by atoms with E-state index in [0.717, 1.165) is 27.7 Å². The molecule has 1 aromatic carbocycles. The smallest absolute Gasteiger partial charge is 0.242 e. The number of halogens is 1. The van der Waals surface area contributed by atoms with E-state index in [9.17, 15) is 14.0 Å². The molecule has 174 valence electrons. The first-order chi connectivity index (χ1) is 15.8. The summed E-state index contributed by atoms with van der Waals surface area (Å²) in [6.45, 7) is 8.92. The maximum Gasteiger partial charge on any atom is 0.242 e. The predicted octanol–water partition coefficient (Wildman–Crippen LogP) is 3.46. The first kappa shape index (κ1) is 23.1. The number of aromatic nitrogens is 2. The maximum atomic E-state index is 13.3. The van der Waals surface area contributed by atoms with Crippen LogP contribution in [0.1, 0.15) is 16.4 Å². The third-order valence-corrected chi connectivity index (χ3v) is 6.74. The molecular weight excluding hydrogens is 441 g/mol. The van der Waals surface area contributed by atoms with Gasteiger partial charge in [-0.15, -0.1) is 11.3 Å². The summed E-state index contributed by atoms with van der Waals surface area (Å²) in [5, 5.41) is 5.79. The van der Waals surface area contributed by atoms with Crippen LogP contribution in [0.5, 0.6) is 0 Å². The maximum absolute atomic E-state index is 13.3. The quantitative estimate of drug-likeness (QED) is 0.600. The van der Waals surface area contributed by atoms with Gasteiger partial charge in [-0.2, -0.15) is 0 Å². The molecule has 3 aromatic rings. The fraction of sp³-hybridized carbons (Fsp3) is 0.375. The van der Waals surface area contributed by atoms with Crippen LogP contribution < -0.4 is 5.32 Å². The highest BCUT2D eigenvalue weighted by Gasteiger charge is 2.24. The lowest BCUT2D eigenvalue weighted by atomic mass is 10.2. The molecule has 0 unspecified atom stereocenters. The zero-order chi connectivity index (χ0) is 23.5. The second-order valence-electron chi connectivity index (χ2n) is 8.34. The van der Waals surface area contributed by atoms with Crippen LogP contribution in [0.4, 0.5) is 10.1 Å². The van der Waals surface area contributed by atoms with Crippen LogP contribution in [0.2, 0.25) is 0 Å². The summed E-state index contributed by atoms with van der Waals surface area (Å²) in [6, 6.07) is 7.94. The Hall–Kier alpha value is -3.04. The highest BCUT2D eigenvalue weighted by Crippen LogP contribution is 2.28. The van der Waals surface area contributed by atoms with Gasteiger partial charge in [-0.05, 0) is 45.0 Å². The number of aryl methyl sites for hydroxylation is 2. The van der Waals surface area contributed by atoms with E-state index in [2.05, 4.69) is 16.4 Å². The van der Waals surface area contributed by atoms with E-state index in [1.165, 1.54) is 12.1 Å². The van der Waals surface area contributed by atoms with E-state index in [1.807, 2.05) is 40.5 Å². The summed E-state index contributed by atoms with van der Waals surface area (Å²) < 4.78 is 15.3. The molecule has 2 aromatic heterocycles. The number of piperazine rings is 1. The summed E-state index contributed by atoms with van der Waals surface area (Å²) in [5.41, 5.74) is 4.54. The van der Waals surface area contributed by atoms with Crippen LogP contribution in [0, 0.1) is 26.6 Å². The number of carbonyl (C=O) groups is 2. The monoisotopic (exact) mass is 469 g/mol. The molecule has 2 amide bonds. The number of thiazole rings is 1. The number of rotatable bonds is 6. The van der Waals surface area contributed by atoms with Crippen molar-refractivity contribution in [1.82, 2.24) is 19.4 Å². The summed E-state index contributed by atoms with van der Waals surface area (Å²) in [4.78, 5) is 33.7. The summed E-state index contributed by atoms with van der Waals surface area (Å²) >= 11 is 1.62. The van der Waals surface area contributed by atoms with Crippen LogP contribution in [0.15, 0.2) is 35.7 Å². The minimum atomic E-state index is -0.387. The minimum Gasteiger partial charge on any atom is -0.339 e. The van der Waals surface area contributed by atoms with Gasteiger partial charge in [0.05, 0.1) is 17.2 Å². The van der Waals surface area contributed by atoms with Crippen LogP contribution >= 0.6 is 11.3 Å². The number of amides is 2. The molecule has 0 bridgehead atoms. The zero-order valence-corrected chi connectivity index (χ0v) is 19.9. The molecule has 33 heavy (non-hydrogen) atoms. The Labute approximate surface area is 196 Å². The Bertz CT molecular complexity index is 1160. The van der Waals surface area contributed by atoms with Gasteiger partial charge < -0.3 is 14.8 Å². The average molecular weight is 470 g/mol. The molecule has 9 heteroatoms. The van der Waals surface area contributed by atoms with Crippen LogP contribution in [-0.2, 0) is 16.1 Å². The molecule has 1 aliphatic heterocycles. The molecule has 4 rings (SSSR count). The third-order valence-electron chi connectivity index (χ3n) is 5.96. The molecule has 1 aliphatic rings. The van der Waals surface area contributed by atoms with Gasteiger partial charge in [0.15, 0.2) is 0 Å². The van der Waals surface area contributed by atoms with Crippen molar-refractivity contribution in [2.24, 2.45) is 0 Å². The Morgan fingerprint density at radius 1 is 1.09 bits per heavy atom. The molecule has 7 nitrogen and oxygen atoms in total. The molecule has 1 N–H and O–H groups in total. The van der Waals surface area contributed by atoms with Gasteiger partial charge in [-0.3, -0.25) is 14.5 Å². The average Bonchev–Trinajstić information content (AvgIpc) is 3.32. The molecule has 0 atom stereocenters. The number of nitrogens with one attached hydrogen (secondary N) is 1. The first-order valence-electron chi connectivity index (χ1n) is 10.9. The van der Waals surface area contributed by atoms with E-state index in [0.29, 0.717) is 38.4 Å². The normalized spacial score (nSPS) is 14.5. The van der Waals surface area contributed by atoms with Crippen molar-refractivity contribution < 1.29 is 14.0 Å². The van der Waals surface area contributed by atoms with E-state index >= 15 is 0 Å². The standard InChI is InChI=1S/C24H28FN5O2S/c1-16-11-21(22-15-33-18(3)26-22)17(2)30(16)14-24(32)29-9-7-28(8-10-29)13-23(31)27-20-6-4-5-19(25)12-20/h4-6,11-12,15H,7-10,13-14H2,1-3H3,(H,27,31). The second kappa shape index (κ2) is 9.84. The molecule has 0 aliphatic carbocycles. The van der Waals surface area contributed by atoms with Crippen molar-refractivity contribution in [2.45, 2.75) is 27.3 Å². The number of nitrogens with zero attached hydrogens (tertiary/aromatic N) is 4. The van der Waals surface area contributed by atoms with Gasteiger partial charge in [0, 0.05) is 54.2 Å². The Kier molecular flexibility index (Phi) is 6.90. The molecule has 0 spiro atoms. The van der Waals surface area contributed by atoms with Gasteiger partial charge in [0.1, 0.15) is 12.4 Å². The fourth-order valence-corrected chi connectivity index (χ4v) is 4.76. The predicted molar refractivity (Wildman–Crippen MR) is 128 cm³/mol. The van der Waals surface area contributed by atoms with Gasteiger partial charge in [-0.1, -0.05) is 6.07 Å². The summed E-state index contributed by atoms with van der Waals surface area (Å²) in [7, 11) is 0. The lowest BCUT2D eigenvalue weighted by Gasteiger charge is -2.34. The van der Waals surface area contributed by atoms with Crippen LogP contribution in [-0.4, -0.2) is 63.9 Å². The van der Waals surface area contributed by atoms with Gasteiger partial charge in [-0.25, -0.2) is 9.37 Å². The molecule has 3 heterocycles.